The Balaban J connectivity index is 1.80. The molecule has 1 heterocycles. The van der Waals surface area contributed by atoms with Gasteiger partial charge in [-0.2, -0.15) is 0 Å². The topological polar surface area (TPSA) is 33.1 Å². The summed E-state index contributed by atoms with van der Waals surface area (Å²) in [5, 5.41) is 11.5. The highest BCUT2D eigenvalue weighted by atomic mass is 79.9. The quantitative estimate of drug-likeness (QED) is 0.748. The molecule has 0 fully saturated rings. The van der Waals surface area contributed by atoms with Crippen LogP contribution in [0.2, 0.25) is 0 Å². The molecule has 106 valence electrons. The van der Waals surface area contributed by atoms with E-state index in [1.54, 1.807) is 0 Å². The monoisotopic (exact) mass is 341 g/mol. The van der Waals surface area contributed by atoms with Crippen molar-refractivity contribution < 1.29 is 5.11 Å². The molecule has 3 heteroatoms. The third kappa shape index (κ3) is 3.31. The fourth-order valence-electron chi connectivity index (χ4n) is 2.42. The standard InChI is InChI=1S/C18H16BrNO/c19-15-12-14-8-4-5-9-16(14)20-18(15)17(21)11-10-13-6-2-1-3-7-13/h1-9,12,17,21H,10-11H2. The van der Waals surface area contributed by atoms with Crippen LogP contribution < -0.4 is 0 Å². The molecule has 3 rings (SSSR count). The Morgan fingerprint density at radius 2 is 1.71 bits per heavy atom. The van der Waals surface area contributed by atoms with Crippen molar-refractivity contribution >= 4 is 26.8 Å². The van der Waals surface area contributed by atoms with Gasteiger partial charge in [-0.05, 0) is 46.5 Å². The summed E-state index contributed by atoms with van der Waals surface area (Å²) in [6.07, 6.45) is 0.931. The SMILES string of the molecule is OC(CCc1ccccc1)c1nc2ccccc2cc1Br. The van der Waals surface area contributed by atoms with Gasteiger partial charge < -0.3 is 5.11 Å². The van der Waals surface area contributed by atoms with Crippen molar-refractivity contribution in [3.63, 3.8) is 0 Å². The van der Waals surface area contributed by atoms with Gasteiger partial charge in [-0.15, -0.1) is 0 Å². The molecule has 21 heavy (non-hydrogen) atoms. The molecular formula is C18H16BrNO. The van der Waals surface area contributed by atoms with Crippen LogP contribution in [0.25, 0.3) is 10.9 Å². The lowest BCUT2D eigenvalue weighted by Gasteiger charge is -2.13. The second kappa shape index (κ2) is 6.37. The minimum absolute atomic E-state index is 0.566. The molecule has 2 aromatic carbocycles. The second-order valence-electron chi connectivity index (χ2n) is 5.09. The minimum atomic E-state index is -0.566. The lowest BCUT2D eigenvalue weighted by molar-refractivity contribution is 0.162. The molecule has 0 aliphatic heterocycles. The van der Waals surface area contributed by atoms with Crippen molar-refractivity contribution in [2.45, 2.75) is 18.9 Å². The predicted octanol–water partition coefficient (Wildman–Crippen LogP) is 4.66. The van der Waals surface area contributed by atoms with Crippen LogP contribution in [-0.2, 0) is 6.42 Å². The van der Waals surface area contributed by atoms with Gasteiger partial charge >= 0.3 is 0 Å². The smallest absolute Gasteiger partial charge is 0.0974 e. The zero-order chi connectivity index (χ0) is 14.7. The van der Waals surface area contributed by atoms with E-state index in [0.29, 0.717) is 12.1 Å². The van der Waals surface area contributed by atoms with E-state index in [9.17, 15) is 5.11 Å². The van der Waals surface area contributed by atoms with Gasteiger partial charge in [0.1, 0.15) is 0 Å². The summed E-state index contributed by atoms with van der Waals surface area (Å²) in [4.78, 5) is 4.59. The number of pyridine rings is 1. The number of nitrogens with zero attached hydrogens (tertiary/aromatic N) is 1. The molecule has 0 bridgehead atoms. The first-order chi connectivity index (χ1) is 10.2. The zero-order valence-corrected chi connectivity index (χ0v) is 13.1. The lowest BCUT2D eigenvalue weighted by atomic mass is 10.0. The van der Waals surface area contributed by atoms with E-state index < -0.39 is 6.10 Å². The van der Waals surface area contributed by atoms with Gasteiger partial charge in [-0.1, -0.05) is 48.5 Å². The second-order valence-corrected chi connectivity index (χ2v) is 5.94. The van der Waals surface area contributed by atoms with Crippen LogP contribution in [0.15, 0.2) is 65.1 Å². The number of rotatable bonds is 4. The van der Waals surface area contributed by atoms with E-state index in [2.05, 4.69) is 33.0 Å². The molecule has 1 N–H and O–H groups in total. The number of aliphatic hydroxyl groups is 1. The number of hydrogen-bond donors (Lipinski definition) is 1. The molecule has 0 amide bonds. The fraction of sp³-hybridized carbons (Fsp3) is 0.167. The number of fused-ring (bicyclic) bond motifs is 1. The maximum atomic E-state index is 10.4. The van der Waals surface area contributed by atoms with Crippen molar-refractivity contribution in [2.75, 3.05) is 0 Å². The first kappa shape index (κ1) is 14.2. The maximum absolute atomic E-state index is 10.4. The highest BCUT2D eigenvalue weighted by molar-refractivity contribution is 9.10. The Labute approximate surface area is 132 Å². The largest absolute Gasteiger partial charge is 0.387 e. The third-order valence-corrected chi connectivity index (χ3v) is 4.20. The van der Waals surface area contributed by atoms with E-state index in [0.717, 1.165) is 21.8 Å². The van der Waals surface area contributed by atoms with Crippen LogP contribution >= 0.6 is 15.9 Å². The van der Waals surface area contributed by atoms with E-state index >= 15 is 0 Å². The molecular weight excluding hydrogens is 326 g/mol. The molecule has 2 nitrogen and oxygen atoms in total. The highest BCUT2D eigenvalue weighted by Crippen LogP contribution is 2.28. The molecule has 3 aromatic rings. The van der Waals surface area contributed by atoms with Crippen molar-refractivity contribution in [1.29, 1.82) is 0 Å². The van der Waals surface area contributed by atoms with Crippen LogP contribution in [0.1, 0.15) is 23.8 Å². The van der Waals surface area contributed by atoms with Crippen LogP contribution in [-0.4, -0.2) is 10.1 Å². The molecule has 0 saturated heterocycles. The normalized spacial score (nSPS) is 12.5. The average molecular weight is 342 g/mol. The summed E-state index contributed by atoms with van der Waals surface area (Å²) >= 11 is 3.52. The molecule has 0 spiro atoms. The summed E-state index contributed by atoms with van der Waals surface area (Å²) in [7, 11) is 0. The first-order valence-corrected chi connectivity index (χ1v) is 7.80. The number of aliphatic hydroxyl groups excluding tert-OH is 1. The number of hydrogen-bond acceptors (Lipinski definition) is 2. The molecule has 0 aliphatic rings. The van der Waals surface area contributed by atoms with Crippen LogP contribution in [0, 0.1) is 0 Å². The Kier molecular flexibility index (Phi) is 4.32. The number of aromatic nitrogens is 1. The van der Waals surface area contributed by atoms with E-state index in [4.69, 9.17) is 0 Å². The number of benzene rings is 2. The Bertz CT molecular complexity index is 743. The van der Waals surface area contributed by atoms with E-state index in [-0.39, 0.29) is 0 Å². The van der Waals surface area contributed by atoms with Crippen molar-refractivity contribution in [3.05, 3.63) is 76.4 Å². The lowest BCUT2D eigenvalue weighted by Crippen LogP contribution is -2.04. The molecule has 1 unspecified atom stereocenters. The van der Waals surface area contributed by atoms with Gasteiger partial charge in [0.05, 0.1) is 17.3 Å². The van der Waals surface area contributed by atoms with Crippen LogP contribution in [0.3, 0.4) is 0 Å². The Morgan fingerprint density at radius 1 is 1.00 bits per heavy atom. The summed E-state index contributed by atoms with van der Waals surface area (Å²) in [5.41, 5.74) is 2.85. The van der Waals surface area contributed by atoms with Gasteiger partial charge in [0, 0.05) is 9.86 Å². The van der Waals surface area contributed by atoms with E-state index in [1.165, 1.54) is 5.56 Å². The average Bonchev–Trinajstić information content (AvgIpc) is 2.53. The fourth-order valence-corrected chi connectivity index (χ4v) is 3.02. The van der Waals surface area contributed by atoms with Gasteiger partial charge in [0.2, 0.25) is 0 Å². The van der Waals surface area contributed by atoms with Gasteiger partial charge in [0.15, 0.2) is 0 Å². The van der Waals surface area contributed by atoms with Crippen molar-refractivity contribution in [1.82, 2.24) is 4.98 Å². The highest BCUT2D eigenvalue weighted by Gasteiger charge is 2.14. The summed E-state index contributed by atoms with van der Waals surface area (Å²) < 4.78 is 0.863. The third-order valence-electron chi connectivity index (χ3n) is 3.57. The molecule has 0 aliphatic carbocycles. The van der Waals surface area contributed by atoms with Gasteiger partial charge in [-0.25, -0.2) is 4.98 Å². The Hall–Kier alpha value is -1.71. The predicted molar refractivity (Wildman–Crippen MR) is 89.2 cm³/mol. The van der Waals surface area contributed by atoms with Crippen LogP contribution in [0.5, 0.6) is 0 Å². The van der Waals surface area contributed by atoms with Crippen LogP contribution in [0.4, 0.5) is 0 Å². The number of aryl methyl sites for hydroxylation is 1. The summed E-state index contributed by atoms with van der Waals surface area (Å²) in [5.74, 6) is 0. The summed E-state index contributed by atoms with van der Waals surface area (Å²) in [6.45, 7) is 0. The first-order valence-electron chi connectivity index (χ1n) is 7.01. The van der Waals surface area contributed by atoms with E-state index in [1.807, 2.05) is 48.5 Å². The minimum Gasteiger partial charge on any atom is -0.387 e. The molecule has 1 aromatic heterocycles. The molecule has 1 atom stereocenters. The van der Waals surface area contributed by atoms with Crippen molar-refractivity contribution in [3.8, 4) is 0 Å². The zero-order valence-electron chi connectivity index (χ0n) is 11.5. The number of para-hydroxylation sites is 1. The Morgan fingerprint density at radius 3 is 2.52 bits per heavy atom. The summed E-state index contributed by atoms with van der Waals surface area (Å²) in [6, 6.07) is 20.2. The van der Waals surface area contributed by atoms with Crippen molar-refractivity contribution in [2.24, 2.45) is 0 Å². The van der Waals surface area contributed by atoms with Gasteiger partial charge in [0.25, 0.3) is 0 Å². The molecule has 0 radical (unpaired) electrons. The maximum Gasteiger partial charge on any atom is 0.0974 e. The van der Waals surface area contributed by atoms with Gasteiger partial charge in [-0.3, -0.25) is 0 Å². The number of halogens is 1. The molecule has 0 saturated carbocycles.